The Morgan fingerprint density at radius 2 is 2.05 bits per heavy atom. The molecule has 0 spiro atoms. The van der Waals surface area contributed by atoms with Gasteiger partial charge in [0.1, 0.15) is 5.69 Å². The maximum atomic E-state index is 12.6. The monoisotopic (exact) mass is 284 g/mol. The number of ether oxygens (including phenoxy) is 1. The zero-order valence-corrected chi connectivity index (χ0v) is 9.59. The minimum Gasteiger partial charge on any atom is -0.469 e. The first-order valence-electron chi connectivity index (χ1n) is 4.87. The second-order valence-corrected chi connectivity index (χ2v) is 3.50. The van der Waals surface area contributed by atoms with Gasteiger partial charge in [0, 0.05) is 11.8 Å². The number of hydrogen-bond acceptors (Lipinski definition) is 4. The Morgan fingerprint density at radius 3 is 2.47 bits per heavy atom. The number of halogens is 5. The van der Waals surface area contributed by atoms with Crippen LogP contribution in [0, 0.1) is 0 Å². The van der Waals surface area contributed by atoms with Gasteiger partial charge in [-0.15, -0.1) is 0 Å². The number of carbonyl (C=O) groups excluding carboxylic acids is 1. The van der Waals surface area contributed by atoms with E-state index in [0.29, 0.717) is 0 Å². The number of carbonyl (C=O) groups is 1. The Bertz CT molecular complexity index is 488. The van der Waals surface area contributed by atoms with E-state index >= 15 is 0 Å². The molecule has 0 bridgehead atoms. The molecule has 2 N–H and O–H groups in total. The minimum absolute atomic E-state index is 0.220. The summed E-state index contributed by atoms with van der Waals surface area (Å²) in [6.45, 7) is 0. The van der Waals surface area contributed by atoms with E-state index in [1.807, 2.05) is 0 Å². The summed E-state index contributed by atoms with van der Waals surface area (Å²) in [6.07, 6.45) is -8.58. The average molecular weight is 284 g/mol. The van der Waals surface area contributed by atoms with E-state index < -0.39 is 47.5 Å². The molecular formula is C10H9F5N2O2. The van der Waals surface area contributed by atoms with E-state index in [1.165, 1.54) is 0 Å². The molecule has 0 amide bonds. The Labute approximate surface area is 104 Å². The number of nitrogens with two attached hydrogens (primary N) is 1. The van der Waals surface area contributed by atoms with Crippen LogP contribution < -0.4 is 5.73 Å². The summed E-state index contributed by atoms with van der Waals surface area (Å²) >= 11 is 0. The van der Waals surface area contributed by atoms with Crippen LogP contribution in [0.4, 0.5) is 27.6 Å². The highest BCUT2D eigenvalue weighted by molar-refractivity contribution is 5.76. The fourth-order valence-electron chi connectivity index (χ4n) is 1.40. The standard InChI is InChI=1S/C10H9F5N2O2/c1-19-6(18)2-4-7(16)5(10(13,14)15)3-17-8(4)9(11)12/h3,9H,2H2,1H3,(H2,16,17). The van der Waals surface area contributed by atoms with Crippen molar-refractivity contribution in [3.05, 3.63) is 23.0 Å². The number of pyridine rings is 1. The largest absolute Gasteiger partial charge is 0.469 e. The van der Waals surface area contributed by atoms with Crippen LogP contribution in [0.2, 0.25) is 0 Å². The van der Waals surface area contributed by atoms with Crippen molar-refractivity contribution in [3.63, 3.8) is 0 Å². The van der Waals surface area contributed by atoms with Gasteiger partial charge in [0.05, 0.1) is 24.8 Å². The Balaban J connectivity index is 3.40. The number of nitrogens with zero attached hydrogens (tertiary/aromatic N) is 1. The third-order valence-corrected chi connectivity index (χ3v) is 2.32. The molecular weight excluding hydrogens is 275 g/mol. The van der Waals surface area contributed by atoms with E-state index in [0.717, 1.165) is 7.11 Å². The number of hydrogen-bond donors (Lipinski definition) is 1. The third-order valence-electron chi connectivity index (χ3n) is 2.32. The van der Waals surface area contributed by atoms with E-state index in [-0.39, 0.29) is 6.20 Å². The van der Waals surface area contributed by atoms with Crippen molar-refractivity contribution >= 4 is 11.7 Å². The molecule has 1 aromatic rings. The van der Waals surface area contributed by atoms with Crippen molar-refractivity contribution in [2.24, 2.45) is 0 Å². The van der Waals surface area contributed by atoms with E-state index in [9.17, 15) is 26.7 Å². The van der Waals surface area contributed by atoms with Crippen LogP contribution in [0.25, 0.3) is 0 Å². The molecule has 0 saturated heterocycles. The van der Waals surface area contributed by atoms with Crippen LogP contribution in [-0.2, 0) is 22.1 Å². The van der Waals surface area contributed by atoms with Crippen molar-refractivity contribution in [1.82, 2.24) is 4.98 Å². The number of esters is 1. The molecule has 0 atom stereocenters. The lowest BCUT2D eigenvalue weighted by Crippen LogP contribution is -2.17. The second-order valence-electron chi connectivity index (χ2n) is 3.50. The van der Waals surface area contributed by atoms with Crippen LogP contribution >= 0.6 is 0 Å². The Kier molecular flexibility index (Phi) is 4.28. The fourth-order valence-corrected chi connectivity index (χ4v) is 1.40. The van der Waals surface area contributed by atoms with Crippen molar-refractivity contribution < 1.29 is 31.5 Å². The molecule has 0 aliphatic rings. The van der Waals surface area contributed by atoms with Gasteiger partial charge in [-0.25, -0.2) is 8.78 Å². The first kappa shape index (κ1) is 15.1. The predicted molar refractivity (Wildman–Crippen MR) is 54.3 cm³/mol. The quantitative estimate of drug-likeness (QED) is 0.683. The number of anilines is 1. The zero-order valence-electron chi connectivity index (χ0n) is 9.59. The lowest BCUT2D eigenvalue weighted by Gasteiger charge is -2.15. The van der Waals surface area contributed by atoms with Crippen LogP contribution in [0.15, 0.2) is 6.20 Å². The fraction of sp³-hybridized carbons (Fsp3) is 0.400. The van der Waals surface area contributed by atoms with Crippen LogP contribution in [0.5, 0.6) is 0 Å². The zero-order chi connectivity index (χ0) is 14.8. The Morgan fingerprint density at radius 1 is 1.47 bits per heavy atom. The summed E-state index contributed by atoms with van der Waals surface area (Å²) in [6, 6.07) is 0. The van der Waals surface area contributed by atoms with Crippen molar-refractivity contribution in [2.45, 2.75) is 19.0 Å². The van der Waals surface area contributed by atoms with Crippen LogP contribution in [0.3, 0.4) is 0 Å². The highest BCUT2D eigenvalue weighted by Gasteiger charge is 2.36. The summed E-state index contributed by atoms with van der Waals surface area (Å²) < 4.78 is 67.2. The van der Waals surface area contributed by atoms with Gasteiger partial charge < -0.3 is 10.5 Å². The molecule has 0 fully saturated rings. The number of aromatic nitrogens is 1. The molecule has 0 aromatic carbocycles. The van der Waals surface area contributed by atoms with Gasteiger partial charge in [0.25, 0.3) is 6.43 Å². The van der Waals surface area contributed by atoms with Gasteiger partial charge in [-0.1, -0.05) is 0 Å². The number of methoxy groups -OCH3 is 1. The lowest BCUT2D eigenvalue weighted by atomic mass is 10.0. The molecule has 0 saturated carbocycles. The third kappa shape index (κ3) is 3.30. The van der Waals surface area contributed by atoms with Gasteiger partial charge in [0.2, 0.25) is 0 Å². The SMILES string of the molecule is COC(=O)Cc1c(C(F)F)ncc(C(F)(F)F)c1N. The molecule has 9 heteroatoms. The van der Waals surface area contributed by atoms with Gasteiger partial charge in [-0.3, -0.25) is 9.78 Å². The molecule has 1 rings (SSSR count). The average Bonchev–Trinajstić information content (AvgIpc) is 2.29. The van der Waals surface area contributed by atoms with Crippen molar-refractivity contribution in [3.8, 4) is 0 Å². The highest BCUT2D eigenvalue weighted by Crippen LogP contribution is 2.37. The van der Waals surface area contributed by atoms with Crippen LogP contribution in [0.1, 0.15) is 23.2 Å². The topological polar surface area (TPSA) is 65.2 Å². The highest BCUT2D eigenvalue weighted by atomic mass is 19.4. The number of rotatable bonds is 3. The summed E-state index contributed by atoms with van der Waals surface area (Å²) in [5, 5.41) is 0. The first-order chi connectivity index (χ1) is 8.68. The van der Waals surface area contributed by atoms with E-state index in [2.05, 4.69) is 9.72 Å². The molecule has 19 heavy (non-hydrogen) atoms. The smallest absolute Gasteiger partial charge is 0.419 e. The van der Waals surface area contributed by atoms with Gasteiger partial charge >= 0.3 is 12.1 Å². The van der Waals surface area contributed by atoms with Gasteiger partial charge in [0.15, 0.2) is 0 Å². The molecule has 106 valence electrons. The van der Waals surface area contributed by atoms with E-state index in [1.54, 1.807) is 0 Å². The number of nitrogen functional groups attached to an aromatic ring is 1. The van der Waals surface area contributed by atoms with Gasteiger partial charge in [-0.2, -0.15) is 13.2 Å². The maximum absolute atomic E-state index is 12.6. The first-order valence-corrected chi connectivity index (χ1v) is 4.87. The molecule has 4 nitrogen and oxygen atoms in total. The summed E-state index contributed by atoms with van der Waals surface area (Å²) in [4.78, 5) is 14.1. The minimum atomic E-state index is -4.84. The molecule has 0 radical (unpaired) electrons. The molecule has 1 aromatic heterocycles. The van der Waals surface area contributed by atoms with Gasteiger partial charge in [-0.05, 0) is 0 Å². The second kappa shape index (κ2) is 5.37. The Hall–Kier alpha value is -1.93. The lowest BCUT2D eigenvalue weighted by molar-refractivity contribution is -0.140. The maximum Gasteiger partial charge on any atom is 0.419 e. The summed E-state index contributed by atoms with van der Waals surface area (Å²) in [5.41, 5.74) is 1.27. The molecule has 0 aliphatic carbocycles. The molecule has 0 aliphatic heterocycles. The number of alkyl halides is 5. The van der Waals surface area contributed by atoms with E-state index in [4.69, 9.17) is 5.73 Å². The molecule has 1 heterocycles. The summed E-state index contributed by atoms with van der Waals surface area (Å²) in [7, 11) is 0.974. The predicted octanol–water partition coefficient (Wildman–Crippen LogP) is 2.34. The normalized spacial score (nSPS) is 11.7. The van der Waals surface area contributed by atoms with Crippen LogP contribution in [-0.4, -0.2) is 18.1 Å². The van der Waals surface area contributed by atoms with Crippen molar-refractivity contribution in [2.75, 3.05) is 12.8 Å². The van der Waals surface area contributed by atoms with Crippen molar-refractivity contribution in [1.29, 1.82) is 0 Å². The summed E-state index contributed by atoms with van der Waals surface area (Å²) in [5.74, 6) is -0.991. The molecule has 0 unspecified atom stereocenters.